The van der Waals surface area contributed by atoms with Crippen LogP contribution in [-0.2, 0) is 4.74 Å². The Hall–Kier alpha value is -1.32. The van der Waals surface area contributed by atoms with E-state index in [1.165, 1.54) is 0 Å². The van der Waals surface area contributed by atoms with Crippen LogP contribution in [0.4, 0.5) is 0 Å². The number of ether oxygens (including phenoxy) is 1. The van der Waals surface area contributed by atoms with E-state index in [0.29, 0.717) is 18.6 Å². The predicted octanol–water partition coefficient (Wildman–Crippen LogP) is 1.95. The van der Waals surface area contributed by atoms with Crippen LogP contribution in [-0.4, -0.2) is 28.5 Å². The van der Waals surface area contributed by atoms with Crippen molar-refractivity contribution in [1.29, 1.82) is 0 Å². The summed E-state index contributed by atoms with van der Waals surface area (Å²) in [6, 6.07) is 0. The minimum absolute atomic E-state index is 0.000602. The van der Waals surface area contributed by atoms with Crippen molar-refractivity contribution in [3.8, 4) is 0 Å². The molecule has 0 bridgehead atoms. The molecule has 0 aromatic heterocycles. The van der Waals surface area contributed by atoms with Crippen molar-refractivity contribution < 1.29 is 14.9 Å². The van der Waals surface area contributed by atoms with E-state index in [1.807, 2.05) is 0 Å². The fourth-order valence-electron chi connectivity index (χ4n) is 3.87. The number of allylic oxidation sites excluding steroid dienone is 1. The Bertz CT molecular complexity index is 490. The SMILES string of the molecule is C=C1OC2C(C1=C)C(O)CC(=C)C1CC(O)C(=C)C12. The second kappa shape index (κ2) is 4.09. The first-order chi connectivity index (χ1) is 8.91. The van der Waals surface area contributed by atoms with Crippen molar-refractivity contribution in [2.24, 2.45) is 17.8 Å². The van der Waals surface area contributed by atoms with Gasteiger partial charge in [-0.2, -0.15) is 0 Å². The van der Waals surface area contributed by atoms with E-state index < -0.39 is 12.2 Å². The van der Waals surface area contributed by atoms with Gasteiger partial charge in [0.1, 0.15) is 11.9 Å². The van der Waals surface area contributed by atoms with E-state index in [4.69, 9.17) is 4.74 Å². The van der Waals surface area contributed by atoms with Crippen LogP contribution in [0.25, 0.3) is 0 Å². The second-order valence-corrected chi connectivity index (χ2v) is 5.95. The molecule has 0 spiro atoms. The molecule has 3 fully saturated rings. The van der Waals surface area contributed by atoms with Crippen LogP contribution >= 0.6 is 0 Å². The molecule has 0 aromatic carbocycles. The van der Waals surface area contributed by atoms with Crippen LogP contribution in [0.15, 0.2) is 48.8 Å². The highest BCUT2D eigenvalue weighted by atomic mass is 16.5. The van der Waals surface area contributed by atoms with Gasteiger partial charge in [0.05, 0.1) is 18.1 Å². The van der Waals surface area contributed by atoms with Gasteiger partial charge in [-0.1, -0.05) is 31.9 Å². The Kier molecular flexibility index (Phi) is 2.73. The first-order valence-electron chi connectivity index (χ1n) is 6.69. The summed E-state index contributed by atoms with van der Waals surface area (Å²) in [5.74, 6) is 0.516. The van der Waals surface area contributed by atoms with Crippen molar-refractivity contribution in [3.05, 3.63) is 48.8 Å². The van der Waals surface area contributed by atoms with Crippen LogP contribution in [0.5, 0.6) is 0 Å². The zero-order valence-corrected chi connectivity index (χ0v) is 11.0. The van der Waals surface area contributed by atoms with E-state index in [1.54, 1.807) is 0 Å². The maximum atomic E-state index is 10.4. The lowest BCUT2D eigenvalue weighted by Crippen LogP contribution is -2.33. The fourth-order valence-corrected chi connectivity index (χ4v) is 3.87. The number of aliphatic hydroxyl groups is 2. The van der Waals surface area contributed by atoms with Gasteiger partial charge in [0, 0.05) is 5.92 Å². The number of hydrogen-bond acceptors (Lipinski definition) is 3. The van der Waals surface area contributed by atoms with Gasteiger partial charge in [-0.25, -0.2) is 0 Å². The molecule has 1 aliphatic heterocycles. The van der Waals surface area contributed by atoms with E-state index in [0.717, 1.165) is 16.7 Å². The molecule has 6 unspecified atom stereocenters. The third kappa shape index (κ3) is 1.65. The zero-order chi connectivity index (χ0) is 13.9. The van der Waals surface area contributed by atoms with E-state index in [9.17, 15) is 10.2 Å². The molecular weight excluding hydrogens is 240 g/mol. The normalized spacial score (nSPS) is 45.8. The van der Waals surface area contributed by atoms with Crippen molar-refractivity contribution >= 4 is 0 Å². The van der Waals surface area contributed by atoms with Gasteiger partial charge in [-0.3, -0.25) is 0 Å². The first-order valence-corrected chi connectivity index (χ1v) is 6.69. The summed E-state index contributed by atoms with van der Waals surface area (Å²) in [6.07, 6.45) is -0.115. The Morgan fingerprint density at radius 3 is 2.42 bits per heavy atom. The number of fused-ring (bicyclic) bond motifs is 3. The minimum atomic E-state index is -0.542. The van der Waals surface area contributed by atoms with Gasteiger partial charge in [0.15, 0.2) is 0 Å². The average molecular weight is 260 g/mol. The Labute approximate surface area is 113 Å². The van der Waals surface area contributed by atoms with E-state index in [2.05, 4.69) is 26.3 Å². The summed E-state index contributed by atoms with van der Waals surface area (Å²) in [7, 11) is 0. The first kappa shape index (κ1) is 12.7. The van der Waals surface area contributed by atoms with Crippen LogP contribution in [0.2, 0.25) is 0 Å². The molecule has 3 heteroatoms. The minimum Gasteiger partial charge on any atom is -0.489 e. The summed E-state index contributed by atoms with van der Waals surface area (Å²) in [6.45, 7) is 15.9. The lowest BCUT2D eigenvalue weighted by Gasteiger charge is -2.27. The molecule has 3 nitrogen and oxygen atoms in total. The molecule has 1 saturated heterocycles. The molecule has 2 saturated carbocycles. The molecule has 3 aliphatic rings. The molecule has 2 aliphatic carbocycles. The van der Waals surface area contributed by atoms with Gasteiger partial charge in [-0.15, -0.1) is 0 Å². The standard InChI is InChI=1S/C16H20O3/c1-7-5-13(18)15-8(2)10(4)19-16(15)14-9(3)12(17)6-11(7)14/h11-18H,1-6H2. The number of hydrogen-bond donors (Lipinski definition) is 2. The van der Waals surface area contributed by atoms with Crippen molar-refractivity contribution in [2.75, 3.05) is 0 Å². The van der Waals surface area contributed by atoms with Crippen LogP contribution in [0.3, 0.4) is 0 Å². The molecule has 1 heterocycles. The van der Waals surface area contributed by atoms with Gasteiger partial charge >= 0.3 is 0 Å². The monoisotopic (exact) mass is 260 g/mol. The Balaban J connectivity index is 2.05. The van der Waals surface area contributed by atoms with Crippen LogP contribution in [0.1, 0.15) is 12.8 Å². The lowest BCUT2D eigenvalue weighted by molar-refractivity contribution is 0.0335. The Morgan fingerprint density at radius 1 is 1.05 bits per heavy atom. The molecule has 19 heavy (non-hydrogen) atoms. The summed E-state index contributed by atoms with van der Waals surface area (Å²) < 4.78 is 5.84. The Morgan fingerprint density at radius 2 is 1.74 bits per heavy atom. The smallest absolute Gasteiger partial charge is 0.115 e. The van der Waals surface area contributed by atoms with Crippen molar-refractivity contribution in [2.45, 2.75) is 31.2 Å². The molecule has 0 amide bonds. The molecule has 0 radical (unpaired) electrons. The molecular formula is C16H20O3. The largest absolute Gasteiger partial charge is 0.489 e. The maximum absolute atomic E-state index is 10.4. The molecule has 6 atom stereocenters. The van der Waals surface area contributed by atoms with Crippen LogP contribution < -0.4 is 0 Å². The molecule has 102 valence electrons. The quantitative estimate of drug-likeness (QED) is 0.654. The summed E-state index contributed by atoms with van der Waals surface area (Å²) in [5.41, 5.74) is 2.53. The van der Waals surface area contributed by atoms with Gasteiger partial charge in [0.25, 0.3) is 0 Å². The maximum Gasteiger partial charge on any atom is 0.115 e. The fraction of sp³-hybridized carbons (Fsp3) is 0.500. The average Bonchev–Trinajstić information content (AvgIpc) is 2.75. The van der Waals surface area contributed by atoms with Gasteiger partial charge in [-0.05, 0) is 29.9 Å². The highest BCUT2D eigenvalue weighted by Gasteiger charge is 2.53. The topological polar surface area (TPSA) is 49.7 Å². The van der Waals surface area contributed by atoms with Gasteiger partial charge in [0.2, 0.25) is 0 Å². The van der Waals surface area contributed by atoms with Crippen molar-refractivity contribution in [3.63, 3.8) is 0 Å². The third-order valence-corrected chi connectivity index (χ3v) is 4.92. The highest BCUT2D eigenvalue weighted by molar-refractivity contribution is 5.37. The van der Waals surface area contributed by atoms with E-state index >= 15 is 0 Å². The molecule has 3 rings (SSSR count). The highest BCUT2D eigenvalue weighted by Crippen LogP contribution is 2.53. The molecule has 2 N–H and O–H groups in total. The third-order valence-electron chi connectivity index (χ3n) is 4.92. The summed E-state index contributed by atoms with van der Waals surface area (Å²) in [4.78, 5) is 0. The second-order valence-electron chi connectivity index (χ2n) is 5.95. The predicted molar refractivity (Wildman–Crippen MR) is 73.2 cm³/mol. The zero-order valence-electron chi connectivity index (χ0n) is 11.0. The number of aliphatic hydroxyl groups excluding tert-OH is 2. The molecule has 0 aromatic rings. The summed E-state index contributed by atoms with van der Waals surface area (Å²) in [5, 5.41) is 20.4. The van der Waals surface area contributed by atoms with Crippen molar-refractivity contribution in [1.82, 2.24) is 0 Å². The van der Waals surface area contributed by atoms with E-state index in [-0.39, 0.29) is 23.9 Å². The van der Waals surface area contributed by atoms with Gasteiger partial charge < -0.3 is 14.9 Å². The summed E-state index contributed by atoms with van der Waals surface area (Å²) >= 11 is 0. The number of rotatable bonds is 0. The lowest BCUT2D eigenvalue weighted by atomic mass is 9.81. The van der Waals surface area contributed by atoms with Crippen LogP contribution in [0, 0.1) is 17.8 Å².